The molecule has 12 nitrogen and oxygen atoms in total. The third kappa shape index (κ3) is 3.11. The number of likely N-dealkylation sites (N-methyl/N-ethyl adjacent to an activating group) is 1. The Labute approximate surface area is 205 Å². The van der Waals surface area contributed by atoms with Crippen molar-refractivity contribution in [3.05, 3.63) is 40.2 Å². The summed E-state index contributed by atoms with van der Waals surface area (Å²) < 4.78 is 0. The molecule has 0 bridgehead atoms. The smallest absolute Gasteiger partial charge is 0.255 e. The molecule has 1 saturated carbocycles. The molecule has 192 valence electrons. The average molecular weight is 501 g/mol. The molecule has 36 heavy (non-hydrogen) atoms. The maximum atomic E-state index is 13.8. The first kappa shape index (κ1) is 25.4. The van der Waals surface area contributed by atoms with Crippen LogP contribution in [-0.2, 0) is 24.8 Å². The van der Waals surface area contributed by atoms with Gasteiger partial charge in [0.05, 0.1) is 22.9 Å². The predicted octanol–water partition coefficient (Wildman–Crippen LogP) is -0.413. The number of aliphatic hydroxyl groups is 4. The van der Waals surface area contributed by atoms with Crippen molar-refractivity contribution in [1.82, 2.24) is 4.90 Å². The highest BCUT2D eigenvalue weighted by atomic mass is 16.3. The van der Waals surface area contributed by atoms with E-state index in [1.165, 1.54) is 45.0 Å². The predicted molar refractivity (Wildman–Crippen MR) is 124 cm³/mol. The number of anilines is 1. The van der Waals surface area contributed by atoms with Gasteiger partial charge in [0.25, 0.3) is 5.91 Å². The molecule has 3 aliphatic carbocycles. The zero-order chi connectivity index (χ0) is 27.1. The maximum absolute atomic E-state index is 13.8. The van der Waals surface area contributed by atoms with Crippen LogP contribution in [0.2, 0.25) is 0 Å². The second kappa shape index (κ2) is 7.88. The molecular weight excluding hydrogens is 474 g/mol. The van der Waals surface area contributed by atoms with Gasteiger partial charge in [0.1, 0.15) is 22.8 Å². The lowest BCUT2D eigenvalue weighted by Crippen LogP contribution is -2.67. The molecule has 2 amide bonds. The summed E-state index contributed by atoms with van der Waals surface area (Å²) in [5.41, 5.74) is -1.28. The van der Waals surface area contributed by atoms with Gasteiger partial charge in [-0.15, -0.1) is 0 Å². The Hall–Kier alpha value is -3.74. The number of amides is 2. The molecule has 1 fully saturated rings. The van der Waals surface area contributed by atoms with E-state index in [1.807, 2.05) is 0 Å². The number of phenols is 1. The number of aromatic hydroxyl groups is 1. The van der Waals surface area contributed by atoms with Gasteiger partial charge in [-0.2, -0.15) is 0 Å². The number of nitrogens with two attached hydrogens (primary N) is 1. The molecule has 5 atom stereocenters. The van der Waals surface area contributed by atoms with Crippen molar-refractivity contribution in [2.24, 2.45) is 17.6 Å². The molecule has 0 aliphatic heterocycles. The van der Waals surface area contributed by atoms with E-state index in [0.717, 1.165) is 0 Å². The maximum Gasteiger partial charge on any atom is 0.255 e. The van der Waals surface area contributed by atoms with Crippen LogP contribution in [0.1, 0.15) is 31.4 Å². The highest BCUT2D eigenvalue weighted by molar-refractivity contribution is 6.24. The number of rotatable bonds is 3. The van der Waals surface area contributed by atoms with E-state index >= 15 is 0 Å². The molecule has 8 N–H and O–H groups in total. The lowest BCUT2D eigenvalue weighted by molar-refractivity contribution is -0.159. The minimum Gasteiger partial charge on any atom is -0.508 e. The minimum atomic E-state index is -2.83. The second-order valence-corrected chi connectivity index (χ2v) is 9.83. The summed E-state index contributed by atoms with van der Waals surface area (Å²) in [5.74, 6) is -9.16. The lowest BCUT2D eigenvalue weighted by Gasteiger charge is -2.53. The van der Waals surface area contributed by atoms with Crippen LogP contribution in [0.25, 0.3) is 5.76 Å². The average Bonchev–Trinajstić information content (AvgIpc) is 2.75. The number of carbonyl (C=O) groups excluding carboxylic acids is 4. The number of hydrogen-bond donors (Lipinski definition) is 7. The Morgan fingerprint density at radius 2 is 1.75 bits per heavy atom. The van der Waals surface area contributed by atoms with Gasteiger partial charge in [-0.1, -0.05) is 6.07 Å². The van der Waals surface area contributed by atoms with E-state index in [-0.39, 0.29) is 23.2 Å². The number of aliphatic hydroxyl groups excluding tert-OH is 2. The van der Waals surface area contributed by atoms with Crippen molar-refractivity contribution in [2.45, 2.75) is 37.5 Å². The SMILES string of the molecule is CC(=O)Nc1ccc2c(c1O)C(O)=C1C(=O)[C@]3(O)C(O)=C(C(N)=O)C(=O)[C@@H](N(C)C)[C@@H]3C[C@@H]1[C@]2(C)O. The molecule has 0 heterocycles. The van der Waals surface area contributed by atoms with Crippen molar-refractivity contribution < 1.29 is 44.7 Å². The third-order valence-corrected chi connectivity index (χ3v) is 7.47. The van der Waals surface area contributed by atoms with Crippen LogP contribution in [0, 0.1) is 11.8 Å². The minimum absolute atomic E-state index is 0.0414. The number of fused-ring (bicyclic) bond motifs is 3. The highest BCUT2D eigenvalue weighted by Gasteiger charge is 2.66. The quantitative estimate of drug-likeness (QED) is 0.210. The third-order valence-electron chi connectivity index (χ3n) is 7.47. The Morgan fingerprint density at radius 1 is 1.14 bits per heavy atom. The van der Waals surface area contributed by atoms with Gasteiger partial charge in [0.2, 0.25) is 11.7 Å². The number of phenolic OH excluding ortho intramolecular Hbond substituents is 1. The van der Waals surface area contributed by atoms with E-state index in [9.17, 15) is 44.7 Å². The molecule has 0 aromatic heterocycles. The lowest BCUT2D eigenvalue weighted by atomic mass is 9.54. The van der Waals surface area contributed by atoms with Crippen molar-refractivity contribution in [3.63, 3.8) is 0 Å². The van der Waals surface area contributed by atoms with Crippen LogP contribution in [-0.4, -0.2) is 79.6 Å². The zero-order valence-electron chi connectivity index (χ0n) is 20.0. The van der Waals surface area contributed by atoms with Gasteiger partial charge >= 0.3 is 0 Å². The summed E-state index contributed by atoms with van der Waals surface area (Å²) in [7, 11) is 2.96. The summed E-state index contributed by atoms with van der Waals surface area (Å²) in [4.78, 5) is 51.9. The fourth-order valence-electron chi connectivity index (χ4n) is 5.83. The molecule has 4 rings (SSSR count). The van der Waals surface area contributed by atoms with E-state index in [1.54, 1.807) is 0 Å². The number of hydrogen-bond acceptors (Lipinski definition) is 10. The van der Waals surface area contributed by atoms with Crippen molar-refractivity contribution in [3.8, 4) is 5.75 Å². The van der Waals surface area contributed by atoms with Crippen LogP contribution in [0.5, 0.6) is 5.75 Å². The zero-order valence-corrected chi connectivity index (χ0v) is 20.0. The summed E-state index contributed by atoms with van der Waals surface area (Å²) in [6, 6.07) is 1.43. The summed E-state index contributed by atoms with van der Waals surface area (Å²) in [6.07, 6.45) is -0.271. The van der Waals surface area contributed by atoms with Crippen LogP contribution < -0.4 is 11.1 Å². The fraction of sp³-hybridized carbons (Fsp3) is 0.417. The molecule has 3 aliphatic rings. The largest absolute Gasteiger partial charge is 0.508 e. The summed E-state index contributed by atoms with van der Waals surface area (Å²) in [5, 5.41) is 58.4. The van der Waals surface area contributed by atoms with E-state index < -0.39 is 80.9 Å². The van der Waals surface area contributed by atoms with Gasteiger partial charge in [-0.25, -0.2) is 0 Å². The number of Topliss-reactive ketones (excluding diaryl/α,β-unsaturated/α-hetero) is 2. The summed E-state index contributed by atoms with van der Waals surface area (Å²) >= 11 is 0. The fourth-order valence-corrected chi connectivity index (χ4v) is 5.83. The second-order valence-electron chi connectivity index (χ2n) is 9.83. The van der Waals surface area contributed by atoms with Crippen LogP contribution in [0.4, 0.5) is 5.69 Å². The van der Waals surface area contributed by atoms with Crippen LogP contribution >= 0.6 is 0 Å². The number of nitrogens with one attached hydrogen (secondary N) is 1. The monoisotopic (exact) mass is 501 g/mol. The molecule has 0 spiro atoms. The summed E-state index contributed by atoms with van der Waals surface area (Å²) in [6.45, 7) is 2.54. The first-order valence-corrected chi connectivity index (χ1v) is 11.1. The van der Waals surface area contributed by atoms with Crippen molar-refractivity contribution in [1.29, 1.82) is 0 Å². The first-order chi connectivity index (χ1) is 16.6. The molecule has 0 radical (unpaired) electrons. The Balaban J connectivity index is 2.03. The first-order valence-electron chi connectivity index (χ1n) is 11.1. The number of primary amides is 1. The Kier molecular flexibility index (Phi) is 5.55. The van der Waals surface area contributed by atoms with Crippen molar-refractivity contribution >= 4 is 34.8 Å². The Bertz CT molecular complexity index is 1310. The van der Waals surface area contributed by atoms with E-state index in [4.69, 9.17) is 5.73 Å². The standard InChI is InChI=1S/C24H27N3O9/c1-8(28)26-12-6-5-9-13(17(12)29)18(30)14-10(23(9,2)35)7-11-16(27(3)4)19(31)15(22(25)34)21(33)24(11,36)20(14)32/h5-6,10-11,16,29-30,33,35-36H,7H2,1-4H3,(H2,25,34)(H,26,28)/t10-,11-,16-,23+,24-/m0/s1. The molecule has 1 aromatic carbocycles. The van der Waals surface area contributed by atoms with Gasteiger partial charge in [0.15, 0.2) is 11.4 Å². The highest BCUT2D eigenvalue weighted by Crippen LogP contribution is 2.57. The molecular formula is C24H27N3O9. The molecule has 0 unspecified atom stereocenters. The number of nitrogens with zero attached hydrogens (tertiary/aromatic N) is 1. The normalized spacial score (nSPS) is 31.7. The number of ketones is 2. The van der Waals surface area contributed by atoms with E-state index in [0.29, 0.717) is 0 Å². The van der Waals surface area contributed by atoms with Crippen LogP contribution in [0.15, 0.2) is 29.0 Å². The molecule has 0 saturated heterocycles. The van der Waals surface area contributed by atoms with Crippen LogP contribution in [0.3, 0.4) is 0 Å². The van der Waals surface area contributed by atoms with Gasteiger partial charge in [-0.3, -0.25) is 24.1 Å². The molecule has 12 heteroatoms. The number of benzene rings is 1. The van der Waals surface area contributed by atoms with Gasteiger partial charge in [0, 0.05) is 24.3 Å². The van der Waals surface area contributed by atoms with Crippen molar-refractivity contribution in [2.75, 3.05) is 19.4 Å². The Morgan fingerprint density at radius 3 is 2.28 bits per heavy atom. The van der Waals surface area contributed by atoms with E-state index in [2.05, 4.69) is 5.32 Å². The topological polar surface area (TPSA) is 211 Å². The number of carbonyl (C=O) groups is 4. The van der Waals surface area contributed by atoms with Gasteiger partial charge < -0.3 is 36.6 Å². The molecule has 1 aromatic rings. The van der Waals surface area contributed by atoms with Gasteiger partial charge in [-0.05, 0) is 39.1 Å².